The van der Waals surface area contributed by atoms with Crippen LogP contribution in [0.1, 0.15) is 45.3 Å². The molecule has 0 aliphatic rings. The summed E-state index contributed by atoms with van der Waals surface area (Å²) >= 11 is 0. The first-order valence-corrected chi connectivity index (χ1v) is 7.10. The van der Waals surface area contributed by atoms with E-state index in [1.54, 1.807) is 0 Å². The molecule has 0 saturated carbocycles. The number of nitrogens with zero attached hydrogens (tertiary/aromatic N) is 3. The molecular formula is C14H28N4. The average molecular weight is 252 g/mol. The average Bonchev–Trinajstić information content (AvgIpc) is 2.83. The molecule has 4 heteroatoms. The monoisotopic (exact) mass is 252 g/mol. The third-order valence-electron chi connectivity index (χ3n) is 3.51. The van der Waals surface area contributed by atoms with Gasteiger partial charge in [-0.25, -0.2) is 4.98 Å². The summed E-state index contributed by atoms with van der Waals surface area (Å²) in [5, 5.41) is 3.13. The van der Waals surface area contributed by atoms with Crippen LogP contribution in [0.25, 0.3) is 0 Å². The Morgan fingerprint density at radius 3 is 2.72 bits per heavy atom. The number of nitrogens with one attached hydrogen (secondary N) is 1. The van der Waals surface area contributed by atoms with E-state index in [9.17, 15) is 0 Å². The van der Waals surface area contributed by atoms with Gasteiger partial charge in [-0.2, -0.15) is 0 Å². The molecular weight excluding hydrogens is 224 g/mol. The molecule has 0 spiro atoms. The van der Waals surface area contributed by atoms with Gasteiger partial charge >= 0.3 is 0 Å². The maximum absolute atomic E-state index is 4.39. The number of hydrogen-bond donors (Lipinski definition) is 1. The van der Waals surface area contributed by atoms with Gasteiger partial charge < -0.3 is 14.8 Å². The third kappa shape index (κ3) is 4.78. The molecule has 0 aliphatic heterocycles. The van der Waals surface area contributed by atoms with Crippen molar-refractivity contribution in [3.05, 3.63) is 18.2 Å². The first-order valence-electron chi connectivity index (χ1n) is 7.10. The molecule has 4 nitrogen and oxygen atoms in total. The lowest BCUT2D eigenvalue weighted by molar-refractivity contribution is 0.288. The summed E-state index contributed by atoms with van der Waals surface area (Å²) in [6.07, 6.45) is 6.57. The summed E-state index contributed by atoms with van der Waals surface area (Å²) in [5.74, 6) is 0. The highest BCUT2D eigenvalue weighted by Crippen LogP contribution is 2.14. The predicted molar refractivity (Wildman–Crippen MR) is 76.7 cm³/mol. The molecule has 18 heavy (non-hydrogen) atoms. The van der Waals surface area contributed by atoms with Gasteiger partial charge in [-0.15, -0.1) is 0 Å². The zero-order chi connectivity index (χ0) is 13.4. The summed E-state index contributed by atoms with van der Waals surface area (Å²) in [6, 6.07) is 0.540. The van der Waals surface area contributed by atoms with Gasteiger partial charge in [-0.3, -0.25) is 0 Å². The fraction of sp³-hybridized carbons (Fsp3) is 0.786. The van der Waals surface area contributed by atoms with E-state index in [1.165, 1.54) is 19.4 Å². The summed E-state index contributed by atoms with van der Waals surface area (Å²) in [5.41, 5.74) is 1.12. The van der Waals surface area contributed by atoms with E-state index >= 15 is 0 Å². The number of hydrogen-bond acceptors (Lipinski definition) is 3. The molecule has 1 aromatic heterocycles. The molecule has 104 valence electrons. The van der Waals surface area contributed by atoms with Gasteiger partial charge in [0.2, 0.25) is 0 Å². The number of aromatic nitrogens is 2. The molecule has 1 unspecified atom stereocenters. The van der Waals surface area contributed by atoms with Gasteiger partial charge in [0.25, 0.3) is 0 Å². The normalized spacial score (nSPS) is 13.2. The predicted octanol–water partition coefficient (Wildman–Crippen LogP) is 2.29. The van der Waals surface area contributed by atoms with Crippen molar-refractivity contribution in [2.24, 2.45) is 0 Å². The first-order chi connectivity index (χ1) is 8.71. The van der Waals surface area contributed by atoms with E-state index in [-0.39, 0.29) is 0 Å². The van der Waals surface area contributed by atoms with Gasteiger partial charge in [-0.05, 0) is 46.4 Å². The Morgan fingerprint density at radius 2 is 2.11 bits per heavy atom. The molecule has 0 saturated heterocycles. The summed E-state index contributed by atoms with van der Waals surface area (Å²) in [6.45, 7) is 11.1. The number of rotatable bonds is 9. The van der Waals surface area contributed by atoms with Crippen LogP contribution in [0, 0.1) is 0 Å². The Morgan fingerprint density at radius 1 is 1.39 bits per heavy atom. The highest BCUT2D eigenvalue weighted by molar-refractivity contribution is 4.97. The van der Waals surface area contributed by atoms with Crippen molar-refractivity contribution in [1.29, 1.82) is 0 Å². The fourth-order valence-corrected chi connectivity index (χ4v) is 2.19. The Hall–Kier alpha value is -0.870. The molecule has 1 N–H and O–H groups in total. The molecule has 0 amide bonds. The molecule has 1 rings (SSSR count). The summed E-state index contributed by atoms with van der Waals surface area (Å²) in [4.78, 5) is 6.87. The lowest BCUT2D eigenvalue weighted by atomic mass is 10.1. The van der Waals surface area contributed by atoms with Crippen molar-refractivity contribution in [3.63, 3.8) is 0 Å². The van der Waals surface area contributed by atoms with Crippen molar-refractivity contribution in [2.75, 3.05) is 26.7 Å². The molecule has 1 atom stereocenters. The van der Waals surface area contributed by atoms with Crippen LogP contribution in [-0.2, 0) is 6.54 Å². The van der Waals surface area contributed by atoms with Gasteiger partial charge in [0.15, 0.2) is 0 Å². The smallest absolute Gasteiger partial charge is 0.0952 e. The van der Waals surface area contributed by atoms with Crippen LogP contribution in [0.2, 0.25) is 0 Å². The minimum absolute atomic E-state index is 0.540. The van der Waals surface area contributed by atoms with E-state index in [2.05, 4.69) is 46.7 Å². The Bertz CT molecular complexity index is 317. The Balaban J connectivity index is 2.33. The number of imidazole rings is 1. The standard InChI is InChI=1S/C14H28N4/c1-5-17(6-2)9-7-8-13(3)18-11-14(10-15-4)16-12-18/h11-13,15H,5-10H2,1-4H3. The second-order valence-corrected chi connectivity index (χ2v) is 4.86. The van der Waals surface area contributed by atoms with E-state index in [4.69, 9.17) is 0 Å². The quantitative estimate of drug-likeness (QED) is 0.732. The van der Waals surface area contributed by atoms with Crippen molar-refractivity contribution in [2.45, 2.75) is 46.2 Å². The largest absolute Gasteiger partial charge is 0.334 e. The summed E-state index contributed by atoms with van der Waals surface area (Å²) in [7, 11) is 1.95. The van der Waals surface area contributed by atoms with Crippen LogP contribution in [0.5, 0.6) is 0 Å². The van der Waals surface area contributed by atoms with Crippen molar-refractivity contribution >= 4 is 0 Å². The van der Waals surface area contributed by atoms with Gasteiger partial charge in [0, 0.05) is 18.8 Å². The molecule has 1 aromatic rings. The fourth-order valence-electron chi connectivity index (χ4n) is 2.19. The van der Waals surface area contributed by atoms with E-state index < -0.39 is 0 Å². The molecule has 0 aliphatic carbocycles. The second kappa shape index (κ2) is 8.27. The third-order valence-corrected chi connectivity index (χ3v) is 3.51. The second-order valence-electron chi connectivity index (χ2n) is 4.86. The molecule has 0 fully saturated rings. The maximum Gasteiger partial charge on any atom is 0.0952 e. The van der Waals surface area contributed by atoms with Gasteiger partial charge in [0.05, 0.1) is 12.0 Å². The van der Waals surface area contributed by atoms with E-state index in [0.717, 1.165) is 25.3 Å². The highest BCUT2D eigenvalue weighted by atomic mass is 15.1. The SMILES string of the molecule is CCN(CC)CCCC(C)n1cnc(CNC)c1. The van der Waals surface area contributed by atoms with Crippen LogP contribution < -0.4 is 5.32 Å². The van der Waals surface area contributed by atoms with Crippen LogP contribution in [0.15, 0.2) is 12.5 Å². The van der Waals surface area contributed by atoms with Crippen molar-refractivity contribution in [3.8, 4) is 0 Å². The first kappa shape index (κ1) is 15.2. The van der Waals surface area contributed by atoms with Crippen LogP contribution in [0.4, 0.5) is 0 Å². The minimum Gasteiger partial charge on any atom is -0.334 e. The van der Waals surface area contributed by atoms with Crippen molar-refractivity contribution < 1.29 is 0 Å². The zero-order valence-corrected chi connectivity index (χ0v) is 12.3. The highest BCUT2D eigenvalue weighted by Gasteiger charge is 2.07. The molecule has 0 radical (unpaired) electrons. The lowest BCUT2D eigenvalue weighted by Crippen LogP contribution is -2.24. The topological polar surface area (TPSA) is 33.1 Å². The minimum atomic E-state index is 0.540. The Kier molecular flexibility index (Phi) is 6.98. The Labute approximate surface area is 111 Å². The molecule has 0 bridgehead atoms. The van der Waals surface area contributed by atoms with Gasteiger partial charge in [0.1, 0.15) is 0 Å². The van der Waals surface area contributed by atoms with E-state index in [1.807, 2.05) is 13.4 Å². The van der Waals surface area contributed by atoms with Gasteiger partial charge in [-0.1, -0.05) is 13.8 Å². The van der Waals surface area contributed by atoms with E-state index in [0.29, 0.717) is 6.04 Å². The maximum atomic E-state index is 4.39. The van der Waals surface area contributed by atoms with Crippen molar-refractivity contribution in [1.82, 2.24) is 19.8 Å². The lowest BCUT2D eigenvalue weighted by Gasteiger charge is -2.19. The van der Waals surface area contributed by atoms with Crippen LogP contribution in [-0.4, -0.2) is 41.1 Å². The summed E-state index contributed by atoms with van der Waals surface area (Å²) < 4.78 is 2.23. The van der Waals surface area contributed by atoms with Crippen LogP contribution in [0.3, 0.4) is 0 Å². The molecule has 1 heterocycles. The van der Waals surface area contributed by atoms with Crippen LogP contribution >= 0.6 is 0 Å². The molecule has 0 aromatic carbocycles. The zero-order valence-electron chi connectivity index (χ0n) is 12.3.